The van der Waals surface area contributed by atoms with Crippen LogP contribution in [0.2, 0.25) is 0 Å². The molecule has 0 radical (unpaired) electrons. The molecule has 0 unspecified atom stereocenters. The summed E-state index contributed by atoms with van der Waals surface area (Å²) >= 11 is 0. The third kappa shape index (κ3) is 4.73. The first-order valence-electron chi connectivity index (χ1n) is 7.18. The number of carboxylic acids is 1. The molecule has 19 heavy (non-hydrogen) atoms. The van der Waals surface area contributed by atoms with Gasteiger partial charge in [0.2, 0.25) is 0 Å². The largest absolute Gasteiger partial charge is 0.480 e. The maximum atomic E-state index is 12.4. The lowest BCUT2D eigenvalue weighted by atomic mass is 10.1. The van der Waals surface area contributed by atoms with E-state index in [1.165, 1.54) is 17.7 Å². The highest BCUT2D eigenvalue weighted by molar-refractivity contribution is 5.80. The number of carbonyl (C=O) groups excluding carboxylic acids is 1. The Morgan fingerprint density at radius 1 is 1.16 bits per heavy atom. The molecule has 0 atom stereocenters. The average Bonchev–Trinajstić information content (AvgIpc) is 2.62. The van der Waals surface area contributed by atoms with Crippen molar-refractivity contribution in [1.82, 2.24) is 9.80 Å². The van der Waals surface area contributed by atoms with E-state index in [-0.39, 0.29) is 24.7 Å². The minimum Gasteiger partial charge on any atom is -0.480 e. The summed E-state index contributed by atoms with van der Waals surface area (Å²) in [5.41, 5.74) is 0. The first-order valence-corrected chi connectivity index (χ1v) is 7.18. The van der Waals surface area contributed by atoms with Crippen molar-refractivity contribution >= 4 is 12.0 Å². The van der Waals surface area contributed by atoms with Crippen LogP contribution in [0.3, 0.4) is 0 Å². The minimum absolute atomic E-state index is 0.100. The number of urea groups is 1. The quantitative estimate of drug-likeness (QED) is 0.799. The summed E-state index contributed by atoms with van der Waals surface area (Å²) in [5, 5.41) is 8.91. The predicted octanol–water partition coefficient (Wildman–Crippen LogP) is 2.56. The molecule has 1 aliphatic carbocycles. The Morgan fingerprint density at radius 3 is 2.11 bits per heavy atom. The number of amides is 2. The van der Waals surface area contributed by atoms with Crippen molar-refractivity contribution in [3.8, 4) is 0 Å². The summed E-state index contributed by atoms with van der Waals surface area (Å²) in [7, 11) is 1.80. The molecule has 1 saturated carbocycles. The Bertz CT molecular complexity index is 310. The van der Waals surface area contributed by atoms with E-state index in [1.54, 1.807) is 11.9 Å². The number of carboxylic acid groups (broad SMARTS) is 1. The van der Waals surface area contributed by atoms with E-state index in [2.05, 4.69) is 0 Å². The van der Waals surface area contributed by atoms with Gasteiger partial charge in [-0.3, -0.25) is 4.79 Å². The fraction of sp³-hybridized carbons (Fsp3) is 0.857. The molecule has 0 aliphatic heterocycles. The molecule has 1 fully saturated rings. The van der Waals surface area contributed by atoms with Crippen molar-refractivity contribution in [2.24, 2.45) is 0 Å². The summed E-state index contributed by atoms with van der Waals surface area (Å²) in [6.45, 7) is 3.47. The van der Waals surface area contributed by atoms with Crippen LogP contribution in [0.4, 0.5) is 4.79 Å². The van der Waals surface area contributed by atoms with Crippen molar-refractivity contribution < 1.29 is 14.7 Å². The Morgan fingerprint density at radius 2 is 1.68 bits per heavy atom. The lowest BCUT2D eigenvalue weighted by Crippen LogP contribution is -2.50. The van der Waals surface area contributed by atoms with Crippen LogP contribution in [0.5, 0.6) is 0 Å². The van der Waals surface area contributed by atoms with Gasteiger partial charge in [-0.25, -0.2) is 4.79 Å². The van der Waals surface area contributed by atoms with Gasteiger partial charge in [0.05, 0.1) is 0 Å². The highest BCUT2D eigenvalue weighted by Gasteiger charge is 2.27. The molecule has 1 rings (SSSR count). The molecule has 5 nitrogen and oxygen atoms in total. The molecule has 0 spiro atoms. The summed E-state index contributed by atoms with van der Waals surface area (Å²) in [6, 6.07) is -0.00817. The standard InChI is InChI=1S/C14H26N2O3/c1-11(2)16(10-13(17)18)14(19)15(3)12-8-6-4-5-7-9-12/h11-12H,4-10H2,1-3H3,(H,17,18). The van der Waals surface area contributed by atoms with E-state index in [9.17, 15) is 9.59 Å². The summed E-state index contributed by atoms with van der Waals surface area (Å²) in [6.07, 6.45) is 6.84. The van der Waals surface area contributed by atoms with Gasteiger partial charge in [-0.05, 0) is 26.7 Å². The Balaban J connectivity index is 2.68. The second-order valence-corrected chi connectivity index (χ2v) is 5.65. The molecule has 1 aliphatic rings. The second kappa shape index (κ2) is 7.36. The van der Waals surface area contributed by atoms with Gasteiger partial charge in [0.25, 0.3) is 0 Å². The molecule has 1 N–H and O–H groups in total. The van der Waals surface area contributed by atoms with Crippen LogP contribution in [0.15, 0.2) is 0 Å². The highest BCUT2D eigenvalue weighted by Crippen LogP contribution is 2.22. The van der Waals surface area contributed by atoms with Gasteiger partial charge in [0, 0.05) is 19.1 Å². The van der Waals surface area contributed by atoms with Gasteiger partial charge in [-0.1, -0.05) is 25.7 Å². The van der Waals surface area contributed by atoms with Gasteiger partial charge < -0.3 is 14.9 Å². The van der Waals surface area contributed by atoms with Crippen LogP contribution >= 0.6 is 0 Å². The maximum Gasteiger partial charge on any atom is 0.323 e. The zero-order chi connectivity index (χ0) is 14.4. The van der Waals surface area contributed by atoms with Gasteiger partial charge in [0.1, 0.15) is 6.54 Å². The molecular weight excluding hydrogens is 244 g/mol. The van der Waals surface area contributed by atoms with Crippen molar-refractivity contribution in [1.29, 1.82) is 0 Å². The van der Waals surface area contributed by atoms with Crippen LogP contribution in [0.1, 0.15) is 52.4 Å². The highest BCUT2D eigenvalue weighted by atomic mass is 16.4. The van der Waals surface area contributed by atoms with Crippen LogP contribution in [-0.2, 0) is 4.79 Å². The minimum atomic E-state index is -0.962. The fourth-order valence-electron chi connectivity index (χ4n) is 2.62. The van der Waals surface area contributed by atoms with Gasteiger partial charge >= 0.3 is 12.0 Å². The first kappa shape index (κ1) is 15.8. The molecule has 110 valence electrons. The molecule has 0 saturated heterocycles. The molecule has 0 aromatic heterocycles. The van der Waals surface area contributed by atoms with E-state index in [0.29, 0.717) is 0 Å². The van der Waals surface area contributed by atoms with Crippen molar-refractivity contribution in [2.45, 2.75) is 64.5 Å². The number of rotatable bonds is 4. The predicted molar refractivity (Wildman–Crippen MR) is 74.1 cm³/mol. The van der Waals surface area contributed by atoms with Crippen LogP contribution in [0.25, 0.3) is 0 Å². The monoisotopic (exact) mass is 270 g/mol. The molecule has 0 aromatic rings. The molecule has 0 aromatic carbocycles. The maximum absolute atomic E-state index is 12.4. The molecular formula is C14H26N2O3. The number of aliphatic carboxylic acids is 1. The van der Waals surface area contributed by atoms with Crippen LogP contribution in [0, 0.1) is 0 Å². The van der Waals surface area contributed by atoms with Crippen molar-refractivity contribution in [2.75, 3.05) is 13.6 Å². The van der Waals surface area contributed by atoms with Crippen molar-refractivity contribution in [3.63, 3.8) is 0 Å². The summed E-state index contributed by atoms with van der Waals surface area (Å²) in [4.78, 5) is 26.4. The SMILES string of the molecule is CC(C)N(CC(=O)O)C(=O)N(C)C1CCCCCC1. The van der Waals surface area contributed by atoms with E-state index in [1.807, 2.05) is 13.8 Å². The zero-order valence-electron chi connectivity index (χ0n) is 12.3. The van der Waals surface area contributed by atoms with E-state index in [0.717, 1.165) is 25.7 Å². The summed E-state index contributed by atoms with van der Waals surface area (Å²) in [5.74, 6) is -0.962. The number of carbonyl (C=O) groups is 2. The summed E-state index contributed by atoms with van der Waals surface area (Å²) < 4.78 is 0. The topological polar surface area (TPSA) is 60.9 Å². The van der Waals surface area contributed by atoms with Crippen LogP contribution in [-0.4, -0.2) is 52.6 Å². The van der Waals surface area contributed by atoms with Gasteiger partial charge in [0.15, 0.2) is 0 Å². The van der Waals surface area contributed by atoms with E-state index < -0.39 is 5.97 Å². The molecule has 0 bridgehead atoms. The van der Waals surface area contributed by atoms with E-state index >= 15 is 0 Å². The molecule has 0 heterocycles. The third-order valence-corrected chi connectivity index (χ3v) is 3.85. The normalized spacial score (nSPS) is 17.1. The number of hydrogen-bond acceptors (Lipinski definition) is 2. The van der Waals surface area contributed by atoms with Gasteiger partial charge in [-0.2, -0.15) is 0 Å². The number of nitrogens with zero attached hydrogens (tertiary/aromatic N) is 2. The van der Waals surface area contributed by atoms with Gasteiger partial charge in [-0.15, -0.1) is 0 Å². The van der Waals surface area contributed by atoms with Crippen LogP contribution < -0.4 is 0 Å². The Kier molecular flexibility index (Phi) is 6.12. The second-order valence-electron chi connectivity index (χ2n) is 5.65. The lowest BCUT2D eigenvalue weighted by Gasteiger charge is -2.34. The lowest BCUT2D eigenvalue weighted by molar-refractivity contribution is -0.138. The molecule has 5 heteroatoms. The van der Waals surface area contributed by atoms with E-state index in [4.69, 9.17) is 5.11 Å². The van der Waals surface area contributed by atoms with Crippen molar-refractivity contribution in [3.05, 3.63) is 0 Å². The smallest absolute Gasteiger partial charge is 0.323 e. The number of hydrogen-bond donors (Lipinski definition) is 1. The molecule has 2 amide bonds. The fourth-order valence-corrected chi connectivity index (χ4v) is 2.62. The Labute approximate surface area is 115 Å². The zero-order valence-corrected chi connectivity index (χ0v) is 12.3. The first-order chi connectivity index (χ1) is 8.93. The average molecular weight is 270 g/mol. The third-order valence-electron chi connectivity index (χ3n) is 3.85. The Hall–Kier alpha value is -1.26.